The quantitative estimate of drug-likeness (QED) is 0.601. The minimum Gasteiger partial charge on any atom is -0.458 e. The lowest BCUT2D eigenvalue weighted by atomic mass is 9.98. The molecule has 0 spiro atoms. The maximum atomic E-state index is 12.4. The highest BCUT2D eigenvalue weighted by Crippen LogP contribution is 2.27. The molecule has 0 saturated carbocycles. The number of aliphatic hydroxyl groups excluding tert-OH is 1. The van der Waals surface area contributed by atoms with Gasteiger partial charge in [-0.3, -0.25) is 0 Å². The van der Waals surface area contributed by atoms with Gasteiger partial charge < -0.3 is 19.9 Å². The number of rotatable bonds is 2. The predicted molar refractivity (Wildman–Crippen MR) is 77.7 cm³/mol. The van der Waals surface area contributed by atoms with Crippen LogP contribution in [-0.2, 0) is 14.3 Å². The van der Waals surface area contributed by atoms with Crippen LogP contribution in [0.25, 0.3) is 0 Å². The van der Waals surface area contributed by atoms with E-state index in [1.165, 1.54) is 12.2 Å². The molecule has 0 aromatic carbocycles. The molecule has 0 bridgehead atoms. The van der Waals surface area contributed by atoms with Crippen LogP contribution in [0.15, 0.2) is 12.2 Å². The van der Waals surface area contributed by atoms with E-state index in [1.807, 2.05) is 0 Å². The fourth-order valence-electron chi connectivity index (χ4n) is 1.89. The molecule has 0 aromatic rings. The number of hydrogen-bond acceptors (Lipinski definition) is 5. The van der Waals surface area contributed by atoms with Crippen LogP contribution in [0.4, 0.5) is 4.79 Å². The molecule has 0 radical (unpaired) electrons. The molecule has 0 aliphatic heterocycles. The third kappa shape index (κ3) is 5.38. The summed E-state index contributed by atoms with van der Waals surface area (Å²) in [7, 11) is 0. The summed E-state index contributed by atoms with van der Waals surface area (Å²) in [5, 5.41) is 12.2. The zero-order chi connectivity index (χ0) is 16.5. The van der Waals surface area contributed by atoms with E-state index >= 15 is 0 Å². The van der Waals surface area contributed by atoms with Crippen molar-refractivity contribution >= 4 is 12.1 Å². The van der Waals surface area contributed by atoms with E-state index in [9.17, 15) is 14.7 Å². The maximum Gasteiger partial charge on any atom is 0.408 e. The first-order valence-corrected chi connectivity index (χ1v) is 6.95. The van der Waals surface area contributed by atoms with Crippen LogP contribution in [0.1, 0.15) is 48.0 Å². The van der Waals surface area contributed by atoms with Crippen LogP contribution in [0.2, 0.25) is 0 Å². The van der Waals surface area contributed by atoms with Gasteiger partial charge in [0, 0.05) is 6.42 Å². The van der Waals surface area contributed by atoms with Gasteiger partial charge in [-0.15, -0.1) is 0 Å². The summed E-state index contributed by atoms with van der Waals surface area (Å²) in [6.45, 7) is 10.4. The largest absolute Gasteiger partial charge is 0.458 e. The number of aliphatic hydroxyl groups is 1. The van der Waals surface area contributed by atoms with Crippen molar-refractivity contribution in [2.75, 3.05) is 0 Å². The van der Waals surface area contributed by atoms with Gasteiger partial charge in [-0.1, -0.05) is 6.08 Å². The zero-order valence-corrected chi connectivity index (χ0v) is 13.5. The van der Waals surface area contributed by atoms with Crippen LogP contribution in [0.3, 0.4) is 0 Å². The van der Waals surface area contributed by atoms with Gasteiger partial charge in [0.15, 0.2) is 5.54 Å². The van der Waals surface area contributed by atoms with Gasteiger partial charge in [0.05, 0.1) is 6.10 Å². The van der Waals surface area contributed by atoms with Crippen molar-refractivity contribution in [2.45, 2.75) is 70.8 Å². The monoisotopic (exact) mass is 299 g/mol. The molecular formula is C15H25NO5. The van der Waals surface area contributed by atoms with Crippen molar-refractivity contribution < 1.29 is 24.2 Å². The summed E-state index contributed by atoms with van der Waals surface area (Å²) >= 11 is 0. The van der Waals surface area contributed by atoms with E-state index in [0.29, 0.717) is 0 Å². The Morgan fingerprint density at radius 2 is 1.67 bits per heavy atom. The normalized spacial score (nSPS) is 25.6. The van der Waals surface area contributed by atoms with Gasteiger partial charge in [-0.2, -0.15) is 0 Å². The Bertz CT molecular complexity index is 444. The molecule has 1 rings (SSSR count). The van der Waals surface area contributed by atoms with Crippen molar-refractivity contribution in [1.29, 1.82) is 0 Å². The number of esters is 1. The summed E-state index contributed by atoms with van der Waals surface area (Å²) in [6.07, 6.45) is 1.40. The number of hydrogen-bond donors (Lipinski definition) is 2. The molecule has 1 aliphatic carbocycles. The zero-order valence-electron chi connectivity index (χ0n) is 13.5. The third-order valence-electron chi connectivity index (χ3n) is 2.62. The Morgan fingerprint density at radius 1 is 1.14 bits per heavy atom. The van der Waals surface area contributed by atoms with E-state index in [2.05, 4.69) is 5.32 Å². The molecule has 1 amide bonds. The number of nitrogens with one attached hydrogen (secondary N) is 1. The first kappa shape index (κ1) is 17.5. The van der Waals surface area contributed by atoms with Crippen LogP contribution in [-0.4, -0.2) is 40.0 Å². The molecule has 0 heterocycles. The molecule has 120 valence electrons. The Hall–Kier alpha value is -1.56. The van der Waals surface area contributed by atoms with Gasteiger partial charge in [-0.25, -0.2) is 9.59 Å². The Labute approximate surface area is 125 Å². The number of ether oxygens (including phenoxy) is 2. The second-order valence-electron chi connectivity index (χ2n) is 7.23. The van der Waals surface area contributed by atoms with E-state index in [4.69, 9.17) is 9.47 Å². The van der Waals surface area contributed by atoms with Gasteiger partial charge in [0.2, 0.25) is 0 Å². The number of amides is 1. The summed E-state index contributed by atoms with van der Waals surface area (Å²) < 4.78 is 10.5. The highest BCUT2D eigenvalue weighted by atomic mass is 16.6. The molecule has 6 heteroatoms. The Morgan fingerprint density at radius 3 is 2.05 bits per heavy atom. The summed E-state index contributed by atoms with van der Waals surface area (Å²) in [4.78, 5) is 24.3. The minimum atomic E-state index is -1.39. The van der Waals surface area contributed by atoms with Crippen molar-refractivity contribution in [2.24, 2.45) is 0 Å². The van der Waals surface area contributed by atoms with Gasteiger partial charge in [0.25, 0.3) is 0 Å². The molecule has 2 N–H and O–H groups in total. The predicted octanol–water partition coefficient (Wildman–Crippen LogP) is 1.91. The van der Waals surface area contributed by atoms with Gasteiger partial charge in [0.1, 0.15) is 11.2 Å². The number of carbonyl (C=O) groups excluding carboxylic acids is 2. The molecule has 1 aliphatic rings. The van der Waals surface area contributed by atoms with Crippen molar-refractivity contribution in [3.05, 3.63) is 12.2 Å². The summed E-state index contributed by atoms with van der Waals surface area (Å²) in [5.74, 6) is -0.617. The molecule has 2 atom stereocenters. The Balaban J connectivity index is 2.89. The van der Waals surface area contributed by atoms with Crippen LogP contribution in [0, 0.1) is 0 Å². The minimum absolute atomic E-state index is 0.0289. The standard InChI is InChI=1S/C15H25NO5/c1-13(2,3)20-11(18)15(8-7-10(17)9-15)16-12(19)21-14(4,5)6/h7-8,10,17H,9H2,1-6H3,(H,16,19)/t10?,15-/m1/s1. The third-order valence-corrected chi connectivity index (χ3v) is 2.62. The van der Waals surface area contributed by atoms with E-state index in [1.54, 1.807) is 41.5 Å². The number of alkyl carbamates (subject to hydrolysis) is 1. The maximum absolute atomic E-state index is 12.4. The molecule has 0 aromatic heterocycles. The molecule has 6 nitrogen and oxygen atoms in total. The summed E-state index contributed by atoms with van der Waals surface area (Å²) in [5.41, 5.74) is -2.77. The van der Waals surface area contributed by atoms with Crippen molar-refractivity contribution in [1.82, 2.24) is 5.32 Å². The van der Waals surface area contributed by atoms with Crippen molar-refractivity contribution in [3.8, 4) is 0 Å². The first-order valence-electron chi connectivity index (χ1n) is 6.95. The van der Waals surface area contributed by atoms with Crippen LogP contribution in [0.5, 0.6) is 0 Å². The molecule has 0 fully saturated rings. The highest BCUT2D eigenvalue weighted by Gasteiger charge is 2.46. The van der Waals surface area contributed by atoms with E-state index in [-0.39, 0.29) is 6.42 Å². The van der Waals surface area contributed by atoms with Crippen LogP contribution >= 0.6 is 0 Å². The molecular weight excluding hydrogens is 274 g/mol. The summed E-state index contributed by atoms with van der Waals surface area (Å²) in [6, 6.07) is 0. The lowest BCUT2D eigenvalue weighted by Crippen LogP contribution is -2.55. The lowest BCUT2D eigenvalue weighted by molar-refractivity contribution is -0.161. The average molecular weight is 299 g/mol. The van der Waals surface area contributed by atoms with Crippen LogP contribution < -0.4 is 5.32 Å². The molecule has 0 saturated heterocycles. The topological polar surface area (TPSA) is 84.9 Å². The fraction of sp³-hybridized carbons (Fsp3) is 0.733. The molecule has 21 heavy (non-hydrogen) atoms. The van der Waals surface area contributed by atoms with Gasteiger partial charge in [-0.05, 0) is 47.6 Å². The van der Waals surface area contributed by atoms with E-state index in [0.717, 1.165) is 0 Å². The Kier molecular flexibility index (Phi) is 4.73. The second kappa shape index (κ2) is 5.67. The highest BCUT2D eigenvalue weighted by molar-refractivity contribution is 5.89. The second-order valence-corrected chi connectivity index (χ2v) is 7.23. The average Bonchev–Trinajstić information content (AvgIpc) is 2.55. The van der Waals surface area contributed by atoms with E-state index < -0.39 is 34.9 Å². The smallest absolute Gasteiger partial charge is 0.408 e. The first-order chi connectivity index (χ1) is 9.33. The number of carbonyl (C=O) groups is 2. The lowest BCUT2D eigenvalue weighted by Gasteiger charge is -2.32. The SMILES string of the molecule is CC(C)(C)OC(=O)N[C@]1(C(=O)OC(C)(C)C)C=CC(O)C1. The molecule has 1 unspecified atom stereocenters. The van der Waals surface area contributed by atoms with Gasteiger partial charge >= 0.3 is 12.1 Å². The van der Waals surface area contributed by atoms with Crippen molar-refractivity contribution in [3.63, 3.8) is 0 Å². The fourth-order valence-corrected chi connectivity index (χ4v) is 1.89.